The van der Waals surface area contributed by atoms with Crippen LogP contribution in [0.2, 0.25) is 0 Å². The molecule has 2 rings (SSSR count). The smallest absolute Gasteiger partial charge is 0.241 e. The lowest BCUT2D eigenvalue weighted by molar-refractivity contribution is -0.117. The van der Waals surface area contributed by atoms with Crippen molar-refractivity contribution in [1.82, 2.24) is 5.32 Å². The van der Waals surface area contributed by atoms with E-state index in [0.717, 1.165) is 28.3 Å². The number of hydrogen-bond acceptors (Lipinski definition) is 4. The van der Waals surface area contributed by atoms with E-state index in [-0.39, 0.29) is 18.0 Å². The number of hydrogen-bond donors (Lipinski definition) is 2. The molecule has 0 radical (unpaired) electrons. The lowest BCUT2D eigenvalue weighted by Gasteiger charge is -2.21. The summed E-state index contributed by atoms with van der Waals surface area (Å²) in [6.07, 6.45) is 0. The Morgan fingerprint density at radius 2 is 1.70 bits per heavy atom. The molecule has 5 heteroatoms. The normalized spacial score (nSPS) is 12.9. The number of rotatable bonds is 9. The number of carbonyl (C=O) groups excluding carboxylic acids is 1. The van der Waals surface area contributed by atoms with Gasteiger partial charge in [0.2, 0.25) is 5.91 Å². The van der Waals surface area contributed by atoms with Crippen LogP contribution in [0.1, 0.15) is 44.9 Å². The minimum atomic E-state index is -0.345. The second-order valence-electron chi connectivity index (χ2n) is 6.54. The molecule has 146 valence electrons. The second-order valence-corrected chi connectivity index (χ2v) is 6.54. The van der Waals surface area contributed by atoms with Crippen molar-refractivity contribution in [2.45, 2.75) is 46.7 Å². The van der Waals surface area contributed by atoms with E-state index in [1.54, 1.807) is 0 Å². The maximum absolute atomic E-state index is 12.5. The van der Waals surface area contributed by atoms with Crippen molar-refractivity contribution < 1.29 is 14.3 Å². The van der Waals surface area contributed by atoms with Crippen LogP contribution in [0, 0.1) is 6.92 Å². The first-order valence-electron chi connectivity index (χ1n) is 9.47. The fourth-order valence-electron chi connectivity index (χ4n) is 2.86. The fourth-order valence-corrected chi connectivity index (χ4v) is 2.86. The third-order valence-corrected chi connectivity index (χ3v) is 4.25. The Kier molecular flexibility index (Phi) is 7.67. The van der Waals surface area contributed by atoms with Gasteiger partial charge in [0.05, 0.1) is 19.3 Å². The molecule has 0 aliphatic rings. The fraction of sp³-hybridized carbons (Fsp3) is 0.409. The molecule has 0 heterocycles. The summed E-state index contributed by atoms with van der Waals surface area (Å²) in [5, 5.41) is 6.29. The van der Waals surface area contributed by atoms with Gasteiger partial charge in [-0.3, -0.25) is 10.1 Å². The third-order valence-electron chi connectivity index (χ3n) is 4.25. The molecule has 0 saturated carbocycles. The third kappa shape index (κ3) is 6.00. The van der Waals surface area contributed by atoms with Gasteiger partial charge in [-0.05, 0) is 70.0 Å². The van der Waals surface area contributed by atoms with E-state index in [4.69, 9.17) is 9.47 Å². The molecule has 0 aliphatic carbocycles. The summed E-state index contributed by atoms with van der Waals surface area (Å²) in [6, 6.07) is 13.3. The minimum absolute atomic E-state index is 0.0156. The number of nitrogens with one attached hydrogen (secondary N) is 2. The van der Waals surface area contributed by atoms with Crippen LogP contribution in [0.3, 0.4) is 0 Å². The van der Waals surface area contributed by atoms with Crippen molar-refractivity contribution in [3.8, 4) is 11.5 Å². The van der Waals surface area contributed by atoms with Crippen molar-refractivity contribution in [3.05, 3.63) is 53.6 Å². The summed E-state index contributed by atoms with van der Waals surface area (Å²) in [5.41, 5.74) is 2.96. The highest BCUT2D eigenvalue weighted by molar-refractivity contribution is 5.94. The molecule has 2 aromatic carbocycles. The molecule has 2 N–H and O–H groups in total. The predicted octanol–water partition coefficient (Wildman–Crippen LogP) is 4.47. The van der Waals surface area contributed by atoms with Gasteiger partial charge in [-0.2, -0.15) is 0 Å². The zero-order chi connectivity index (χ0) is 19.8. The summed E-state index contributed by atoms with van der Waals surface area (Å²) < 4.78 is 11.3. The lowest BCUT2D eigenvalue weighted by Crippen LogP contribution is -2.39. The van der Waals surface area contributed by atoms with E-state index in [1.165, 1.54) is 0 Å². The van der Waals surface area contributed by atoms with Crippen LogP contribution in [0.5, 0.6) is 11.5 Å². The molecular weight excluding hydrogens is 340 g/mol. The molecule has 0 unspecified atom stereocenters. The van der Waals surface area contributed by atoms with E-state index in [2.05, 4.69) is 10.6 Å². The van der Waals surface area contributed by atoms with Gasteiger partial charge in [0.1, 0.15) is 0 Å². The minimum Gasteiger partial charge on any atom is -0.490 e. The van der Waals surface area contributed by atoms with E-state index in [0.29, 0.717) is 13.2 Å². The maximum atomic E-state index is 12.5. The van der Waals surface area contributed by atoms with E-state index in [1.807, 2.05) is 77.1 Å². The van der Waals surface area contributed by atoms with Gasteiger partial charge >= 0.3 is 0 Å². The van der Waals surface area contributed by atoms with Crippen molar-refractivity contribution >= 4 is 11.6 Å². The molecular formula is C22H30N2O3. The quantitative estimate of drug-likeness (QED) is 0.684. The maximum Gasteiger partial charge on any atom is 0.241 e. The topological polar surface area (TPSA) is 59.6 Å². The standard InChI is InChI=1S/C22H30N2O3/c1-6-26-20-12-11-18(14-21(20)27-7-2)16(4)23-17(5)22(25)24-19-10-8-9-15(3)13-19/h8-14,16-17,23H,6-7H2,1-5H3,(H,24,25)/t16-,17-/m0/s1. The van der Waals surface area contributed by atoms with Crippen LogP contribution in [0.15, 0.2) is 42.5 Å². The number of amides is 1. The number of ether oxygens (including phenoxy) is 2. The SMILES string of the molecule is CCOc1ccc([C@H](C)N[C@@H](C)C(=O)Nc2cccc(C)c2)cc1OCC. The Morgan fingerprint density at radius 1 is 1.00 bits per heavy atom. The first kappa shape index (κ1) is 20.8. The first-order chi connectivity index (χ1) is 12.9. The highest BCUT2D eigenvalue weighted by Gasteiger charge is 2.18. The Bertz CT molecular complexity index is 761. The molecule has 0 fully saturated rings. The molecule has 2 aromatic rings. The molecule has 0 spiro atoms. The van der Waals surface area contributed by atoms with Gasteiger partial charge < -0.3 is 14.8 Å². The number of anilines is 1. The molecule has 0 aromatic heterocycles. The number of aryl methyl sites for hydroxylation is 1. The molecule has 1 amide bonds. The van der Waals surface area contributed by atoms with E-state index in [9.17, 15) is 4.79 Å². The van der Waals surface area contributed by atoms with Gasteiger partial charge in [-0.15, -0.1) is 0 Å². The van der Waals surface area contributed by atoms with Gasteiger partial charge in [-0.25, -0.2) is 0 Å². The van der Waals surface area contributed by atoms with Crippen molar-refractivity contribution in [1.29, 1.82) is 0 Å². The monoisotopic (exact) mass is 370 g/mol. The molecule has 0 bridgehead atoms. The molecule has 27 heavy (non-hydrogen) atoms. The van der Waals surface area contributed by atoms with Gasteiger partial charge in [0.25, 0.3) is 0 Å². The lowest BCUT2D eigenvalue weighted by atomic mass is 10.1. The van der Waals surface area contributed by atoms with E-state index >= 15 is 0 Å². The highest BCUT2D eigenvalue weighted by Crippen LogP contribution is 2.30. The summed E-state index contributed by atoms with van der Waals surface area (Å²) in [5.74, 6) is 1.39. The number of carbonyl (C=O) groups is 1. The van der Waals surface area contributed by atoms with Crippen LogP contribution in [-0.4, -0.2) is 25.2 Å². The van der Waals surface area contributed by atoms with Gasteiger partial charge in [0.15, 0.2) is 11.5 Å². The molecule has 5 nitrogen and oxygen atoms in total. The Morgan fingerprint density at radius 3 is 2.37 bits per heavy atom. The molecule has 0 aliphatic heterocycles. The van der Waals surface area contributed by atoms with Crippen LogP contribution in [0.25, 0.3) is 0 Å². The average molecular weight is 370 g/mol. The van der Waals surface area contributed by atoms with Gasteiger partial charge in [-0.1, -0.05) is 18.2 Å². The second kappa shape index (κ2) is 9.97. The van der Waals surface area contributed by atoms with Crippen LogP contribution in [0.4, 0.5) is 5.69 Å². The summed E-state index contributed by atoms with van der Waals surface area (Å²) in [7, 11) is 0. The molecule has 0 saturated heterocycles. The average Bonchev–Trinajstić information content (AvgIpc) is 2.63. The van der Waals surface area contributed by atoms with Crippen LogP contribution < -0.4 is 20.1 Å². The first-order valence-corrected chi connectivity index (χ1v) is 9.47. The zero-order valence-electron chi connectivity index (χ0n) is 16.8. The Balaban J connectivity index is 2.03. The summed E-state index contributed by atoms with van der Waals surface area (Å²) in [6.45, 7) is 10.9. The highest BCUT2D eigenvalue weighted by atomic mass is 16.5. The van der Waals surface area contributed by atoms with Crippen LogP contribution in [-0.2, 0) is 4.79 Å². The zero-order valence-corrected chi connectivity index (χ0v) is 16.8. The van der Waals surface area contributed by atoms with Crippen molar-refractivity contribution in [2.24, 2.45) is 0 Å². The van der Waals surface area contributed by atoms with E-state index < -0.39 is 0 Å². The summed E-state index contributed by atoms with van der Waals surface area (Å²) >= 11 is 0. The van der Waals surface area contributed by atoms with Crippen molar-refractivity contribution in [3.63, 3.8) is 0 Å². The largest absolute Gasteiger partial charge is 0.490 e. The number of benzene rings is 2. The predicted molar refractivity (Wildman–Crippen MR) is 110 cm³/mol. The van der Waals surface area contributed by atoms with Crippen LogP contribution >= 0.6 is 0 Å². The summed E-state index contributed by atoms with van der Waals surface area (Å²) in [4.78, 5) is 12.5. The van der Waals surface area contributed by atoms with Crippen molar-refractivity contribution in [2.75, 3.05) is 18.5 Å². The Labute approximate surface area is 162 Å². The Hall–Kier alpha value is -2.53. The van der Waals surface area contributed by atoms with Gasteiger partial charge in [0, 0.05) is 11.7 Å². The molecule has 2 atom stereocenters.